The van der Waals surface area contributed by atoms with E-state index >= 15 is 0 Å². The van der Waals surface area contributed by atoms with Crippen molar-refractivity contribution in [3.8, 4) is 0 Å². The molecule has 0 saturated carbocycles. The second-order valence-corrected chi connectivity index (χ2v) is 6.62. The van der Waals surface area contributed by atoms with Gasteiger partial charge in [-0.1, -0.05) is 0 Å². The van der Waals surface area contributed by atoms with Crippen molar-refractivity contribution in [2.45, 2.75) is 65.3 Å². The van der Waals surface area contributed by atoms with Gasteiger partial charge in [0.1, 0.15) is 0 Å². The zero-order chi connectivity index (χ0) is 15.1. The lowest BCUT2D eigenvalue weighted by atomic mass is 9.79. The van der Waals surface area contributed by atoms with Crippen LogP contribution in [0.2, 0.25) is 0 Å². The summed E-state index contributed by atoms with van der Waals surface area (Å²) < 4.78 is 12.1. The van der Waals surface area contributed by atoms with Crippen molar-refractivity contribution in [2.75, 3.05) is 0 Å². The molecule has 2 rings (SSSR count). The Morgan fingerprint density at radius 3 is 2.30 bits per heavy atom. The van der Waals surface area contributed by atoms with Crippen LogP contribution in [0.15, 0.2) is 12.3 Å². The van der Waals surface area contributed by atoms with E-state index in [1.807, 2.05) is 40.7 Å². The molecule has 0 aliphatic carbocycles. The Morgan fingerprint density at radius 1 is 1.25 bits per heavy atom. The van der Waals surface area contributed by atoms with E-state index in [0.717, 1.165) is 16.7 Å². The molecule has 1 saturated heterocycles. The molecule has 1 aliphatic rings. The van der Waals surface area contributed by atoms with Crippen LogP contribution in [0.5, 0.6) is 0 Å². The smallest absolute Gasteiger partial charge is 0.398 e. The van der Waals surface area contributed by atoms with E-state index in [2.05, 4.69) is 4.98 Å². The molecule has 1 unspecified atom stereocenters. The molecular formula is C15H24BNO3. The number of aliphatic hydroxyl groups excluding tert-OH is 1. The normalized spacial score (nSPS) is 22.1. The monoisotopic (exact) mass is 277 g/mol. The summed E-state index contributed by atoms with van der Waals surface area (Å²) in [5, 5.41) is 9.57. The molecule has 1 atom stereocenters. The van der Waals surface area contributed by atoms with E-state index in [4.69, 9.17) is 9.31 Å². The summed E-state index contributed by atoms with van der Waals surface area (Å²) in [4.78, 5) is 4.43. The van der Waals surface area contributed by atoms with Gasteiger partial charge in [0, 0.05) is 6.20 Å². The van der Waals surface area contributed by atoms with Crippen LogP contribution in [0.1, 0.15) is 45.7 Å². The van der Waals surface area contributed by atoms with Crippen molar-refractivity contribution >= 4 is 12.7 Å². The SMILES string of the molecule is Cc1c(CC(C)O)ccnc1B1OC(C)(C)C(C)(C)O1. The Bertz CT molecular complexity index is 484. The zero-order valence-corrected chi connectivity index (χ0v) is 13.2. The van der Waals surface area contributed by atoms with Gasteiger partial charge in [-0.25, -0.2) is 0 Å². The fraction of sp³-hybridized carbons (Fsp3) is 0.667. The molecule has 1 aromatic rings. The third kappa shape index (κ3) is 2.75. The molecule has 1 fully saturated rings. The Hall–Kier alpha value is -0.905. The van der Waals surface area contributed by atoms with Gasteiger partial charge in [0.15, 0.2) is 0 Å². The third-order valence-electron chi connectivity index (χ3n) is 4.35. The van der Waals surface area contributed by atoms with Gasteiger partial charge in [0.2, 0.25) is 0 Å². The van der Waals surface area contributed by atoms with E-state index in [1.54, 1.807) is 13.1 Å². The Balaban J connectivity index is 2.31. The number of aromatic nitrogens is 1. The maximum atomic E-state index is 9.57. The summed E-state index contributed by atoms with van der Waals surface area (Å²) in [6.07, 6.45) is 1.99. The first-order valence-corrected chi connectivity index (χ1v) is 7.12. The van der Waals surface area contributed by atoms with Crippen LogP contribution in [0.3, 0.4) is 0 Å². The number of hydrogen-bond acceptors (Lipinski definition) is 4. The summed E-state index contributed by atoms with van der Waals surface area (Å²) in [7, 11) is -0.450. The number of pyridine rings is 1. The average molecular weight is 277 g/mol. The molecule has 2 heterocycles. The van der Waals surface area contributed by atoms with Gasteiger partial charge in [-0.15, -0.1) is 0 Å². The highest BCUT2D eigenvalue weighted by Gasteiger charge is 2.52. The second kappa shape index (κ2) is 5.13. The summed E-state index contributed by atoms with van der Waals surface area (Å²) in [5.41, 5.74) is 2.19. The molecule has 4 nitrogen and oxygen atoms in total. The van der Waals surface area contributed by atoms with Gasteiger partial charge >= 0.3 is 7.12 Å². The van der Waals surface area contributed by atoms with Gasteiger partial charge < -0.3 is 14.4 Å². The van der Waals surface area contributed by atoms with Gasteiger partial charge in [-0.2, -0.15) is 0 Å². The molecular weight excluding hydrogens is 253 g/mol. The Labute approximate surface area is 121 Å². The predicted octanol–water partition coefficient (Wildman–Crippen LogP) is 1.61. The highest BCUT2D eigenvalue weighted by Crippen LogP contribution is 2.36. The van der Waals surface area contributed by atoms with Gasteiger partial charge in [-0.3, -0.25) is 4.98 Å². The lowest BCUT2D eigenvalue weighted by Gasteiger charge is -2.32. The first-order valence-electron chi connectivity index (χ1n) is 7.12. The molecule has 1 N–H and O–H groups in total. The minimum atomic E-state index is -0.450. The number of aliphatic hydroxyl groups is 1. The lowest BCUT2D eigenvalue weighted by Crippen LogP contribution is -2.41. The Morgan fingerprint density at radius 2 is 1.80 bits per heavy atom. The first kappa shape index (κ1) is 15.5. The highest BCUT2D eigenvalue weighted by molar-refractivity contribution is 6.61. The molecule has 1 aliphatic heterocycles. The highest BCUT2D eigenvalue weighted by atomic mass is 16.7. The van der Waals surface area contributed by atoms with Crippen molar-refractivity contribution in [1.82, 2.24) is 4.98 Å². The van der Waals surface area contributed by atoms with Crippen LogP contribution < -0.4 is 5.59 Å². The fourth-order valence-electron chi connectivity index (χ4n) is 2.33. The zero-order valence-electron chi connectivity index (χ0n) is 13.2. The second-order valence-electron chi connectivity index (χ2n) is 6.62. The van der Waals surface area contributed by atoms with Crippen LogP contribution in [-0.2, 0) is 15.7 Å². The van der Waals surface area contributed by atoms with Crippen molar-refractivity contribution in [3.63, 3.8) is 0 Å². The van der Waals surface area contributed by atoms with Crippen LogP contribution in [0.25, 0.3) is 0 Å². The lowest BCUT2D eigenvalue weighted by molar-refractivity contribution is 0.00578. The largest absolute Gasteiger partial charge is 0.514 e. The Kier molecular flexibility index (Phi) is 3.97. The molecule has 110 valence electrons. The topological polar surface area (TPSA) is 51.6 Å². The first-order chi connectivity index (χ1) is 9.14. The van der Waals surface area contributed by atoms with Crippen LogP contribution in [0.4, 0.5) is 0 Å². The predicted molar refractivity (Wildman–Crippen MR) is 80.1 cm³/mol. The van der Waals surface area contributed by atoms with Gasteiger partial charge in [0.05, 0.1) is 22.9 Å². The van der Waals surface area contributed by atoms with E-state index in [-0.39, 0.29) is 17.3 Å². The van der Waals surface area contributed by atoms with Gasteiger partial charge in [0.25, 0.3) is 0 Å². The van der Waals surface area contributed by atoms with E-state index in [1.165, 1.54) is 0 Å². The van der Waals surface area contributed by atoms with Crippen LogP contribution in [-0.4, -0.2) is 34.5 Å². The summed E-state index contributed by atoms with van der Waals surface area (Å²) >= 11 is 0. The summed E-state index contributed by atoms with van der Waals surface area (Å²) in [6.45, 7) is 11.9. The molecule has 0 aromatic carbocycles. The molecule has 20 heavy (non-hydrogen) atoms. The van der Waals surface area contributed by atoms with E-state index in [9.17, 15) is 5.11 Å². The fourth-order valence-corrected chi connectivity index (χ4v) is 2.33. The van der Waals surface area contributed by atoms with Crippen molar-refractivity contribution in [2.24, 2.45) is 0 Å². The number of hydrogen-bond donors (Lipinski definition) is 1. The molecule has 0 spiro atoms. The average Bonchev–Trinajstić information content (AvgIpc) is 2.50. The summed E-state index contributed by atoms with van der Waals surface area (Å²) in [5.74, 6) is 0. The van der Waals surface area contributed by atoms with Crippen molar-refractivity contribution in [1.29, 1.82) is 0 Å². The molecule has 1 aromatic heterocycles. The van der Waals surface area contributed by atoms with Crippen molar-refractivity contribution in [3.05, 3.63) is 23.4 Å². The van der Waals surface area contributed by atoms with E-state index < -0.39 is 7.12 Å². The molecule has 0 radical (unpaired) electrons. The molecule has 0 bridgehead atoms. The van der Waals surface area contributed by atoms with E-state index in [0.29, 0.717) is 6.42 Å². The molecule has 0 amide bonds. The van der Waals surface area contributed by atoms with Crippen LogP contribution in [0, 0.1) is 6.92 Å². The van der Waals surface area contributed by atoms with Crippen molar-refractivity contribution < 1.29 is 14.4 Å². The number of rotatable bonds is 3. The minimum absolute atomic E-state index is 0.369. The standard InChI is InChI=1S/C15H24BNO3/c1-10(18)9-12-7-8-17-13(11(12)2)16-19-14(3,4)15(5,6)20-16/h7-8,10,18H,9H2,1-6H3. The van der Waals surface area contributed by atoms with Crippen LogP contribution >= 0.6 is 0 Å². The molecule has 5 heteroatoms. The summed E-state index contributed by atoms with van der Waals surface area (Å²) in [6, 6.07) is 1.94. The third-order valence-corrected chi connectivity index (χ3v) is 4.35. The quantitative estimate of drug-likeness (QED) is 0.853. The number of nitrogens with zero attached hydrogens (tertiary/aromatic N) is 1. The van der Waals surface area contributed by atoms with Gasteiger partial charge in [-0.05, 0) is 65.2 Å². The maximum Gasteiger partial charge on any atom is 0.514 e. The minimum Gasteiger partial charge on any atom is -0.398 e. The maximum absolute atomic E-state index is 9.57.